The van der Waals surface area contributed by atoms with Crippen molar-refractivity contribution in [3.05, 3.63) is 59.9 Å². The van der Waals surface area contributed by atoms with Gasteiger partial charge in [0.2, 0.25) is 5.91 Å². The smallest absolute Gasteiger partial charge is 0.223 e. The number of pyridine rings is 1. The highest BCUT2D eigenvalue weighted by Crippen LogP contribution is 2.19. The van der Waals surface area contributed by atoms with Crippen molar-refractivity contribution in [1.29, 1.82) is 0 Å². The lowest BCUT2D eigenvalue weighted by Gasteiger charge is -2.18. The molecule has 128 valence electrons. The molecule has 0 aliphatic rings. The van der Waals surface area contributed by atoms with Gasteiger partial charge in [0, 0.05) is 23.9 Å². The first-order chi connectivity index (χ1) is 11.6. The predicted octanol–water partition coefficient (Wildman–Crippen LogP) is 4.27. The monoisotopic (exact) mass is 326 g/mol. The van der Waals surface area contributed by atoms with E-state index >= 15 is 0 Å². The van der Waals surface area contributed by atoms with Crippen LogP contribution < -0.4 is 10.1 Å². The summed E-state index contributed by atoms with van der Waals surface area (Å²) in [6, 6.07) is 11.7. The van der Waals surface area contributed by atoms with Crippen LogP contribution >= 0.6 is 0 Å². The van der Waals surface area contributed by atoms with Gasteiger partial charge in [0.1, 0.15) is 12.4 Å². The van der Waals surface area contributed by atoms with Crippen molar-refractivity contribution >= 4 is 5.91 Å². The number of benzene rings is 1. The maximum atomic E-state index is 12.1. The van der Waals surface area contributed by atoms with Gasteiger partial charge in [0.15, 0.2) is 0 Å². The van der Waals surface area contributed by atoms with Crippen LogP contribution in [0.3, 0.4) is 0 Å². The van der Waals surface area contributed by atoms with Gasteiger partial charge in [-0.05, 0) is 37.1 Å². The van der Waals surface area contributed by atoms with Crippen LogP contribution in [0.2, 0.25) is 0 Å². The summed E-state index contributed by atoms with van der Waals surface area (Å²) >= 11 is 0. The molecule has 24 heavy (non-hydrogen) atoms. The van der Waals surface area contributed by atoms with E-state index in [1.54, 1.807) is 12.4 Å². The van der Waals surface area contributed by atoms with E-state index in [1.807, 2.05) is 50.2 Å². The molecule has 4 nitrogen and oxygen atoms in total. The second-order valence-corrected chi connectivity index (χ2v) is 6.14. The van der Waals surface area contributed by atoms with Gasteiger partial charge in [-0.1, -0.05) is 38.5 Å². The summed E-state index contributed by atoms with van der Waals surface area (Å²) in [4.78, 5) is 16.2. The Hall–Kier alpha value is -2.36. The van der Waals surface area contributed by atoms with Crippen molar-refractivity contribution in [1.82, 2.24) is 10.3 Å². The Balaban J connectivity index is 1.87. The molecule has 0 aliphatic carbocycles. The fourth-order valence-electron chi connectivity index (χ4n) is 2.51. The van der Waals surface area contributed by atoms with Crippen LogP contribution in [-0.2, 0) is 11.4 Å². The molecule has 4 heteroatoms. The van der Waals surface area contributed by atoms with E-state index in [0.29, 0.717) is 6.61 Å². The van der Waals surface area contributed by atoms with E-state index in [0.717, 1.165) is 29.7 Å². The van der Waals surface area contributed by atoms with Gasteiger partial charge >= 0.3 is 0 Å². The van der Waals surface area contributed by atoms with Gasteiger partial charge in [-0.15, -0.1) is 0 Å². The standard InChI is InChI=1S/C20H26N2O2/c1-4-6-15(2)20(23)22-16(3)18-8-10-19(11-9-18)24-14-17-7-5-12-21-13-17/h5,7-13,15-16H,4,6,14H2,1-3H3,(H,22,23)/t15-,16-/m1/s1. The maximum Gasteiger partial charge on any atom is 0.223 e. The first-order valence-electron chi connectivity index (χ1n) is 8.52. The van der Waals surface area contributed by atoms with Crippen molar-refractivity contribution in [2.45, 2.75) is 46.3 Å². The van der Waals surface area contributed by atoms with Gasteiger partial charge in [-0.25, -0.2) is 0 Å². The van der Waals surface area contributed by atoms with Crippen LogP contribution in [0.15, 0.2) is 48.8 Å². The molecule has 0 spiro atoms. The molecule has 1 aromatic heterocycles. The summed E-state index contributed by atoms with van der Waals surface area (Å²) in [6.07, 6.45) is 5.48. The normalized spacial score (nSPS) is 13.1. The minimum Gasteiger partial charge on any atom is -0.489 e. The Kier molecular flexibility index (Phi) is 6.79. The summed E-state index contributed by atoms with van der Waals surface area (Å²) < 4.78 is 5.75. The van der Waals surface area contributed by atoms with Gasteiger partial charge in [0.05, 0.1) is 6.04 Å². The summed E-state index contributed by atoms with van der Waals surface area (Å²) in [7, 11) is 0. The van der Waals surface area contributed by atoms with E-state index in [2.05, 4.69) is 17.2 Å². The van der Waals surface area contributed by atoms with Crippen LogP contribution in [0, 0.1) is 5.92 Å². The molecular formula is C20H26N2O2. The van der Waals surface area contributed by atoms with E-state index in [-0.39, 0.29) is 17.9 Å². The molecule has 0 saturated heterocycles. The molecule has 1 amide bonds. The number of hydrogen-bond acceptors (Lipinski definition) is 3. The molecule has 0 radical (unpaired) electrons. The SMILES string of the molecule is CCC[C@@H](C)C(=O)N[C@H](C)c1ccc(OCc2cccnc2)cc1. The molecule has 0 aliphatic heterocycles. The molecule has 2 atom stereocenters. The number of carbonyl (C=O) groups excluding carboxylic acids is 1. The van der Waals surface area contributed by atoms with Crippen LogP contribution in [0.25, 0.3) is 0 Å². The van der Waals surface area contributed by atoms with Crippen LogP contribution in [0.5, 0.6) is 5.75 Å². The molecule has 0 fully saturated rings. The third-order valence-corrected chi connectivity index (χ3v) is 4.04. The second-order valence-electron chi connectivity index (χ2n) is 6.14. The van der Waals surface area contributed by atoms with Gasteiger partial charge in [0.25, 0.3) is 0 Å². The van der Waals surface area contributed by atoms with E-state index in [1.165, 1.54) is 0 Å². The lowest BCUT2D eigenvalue weighted by Crippen LogP contribution is -2.31. The van der Waals surface area contributed by atoms with Crippen molar-refractivity contribution in [3.8, 4) is 5.75 Å². The van der Waals surface area contributed by atoms with Crippen molar-refractivity contribution in [2.75, 3.05) is 0 Å². The molecule has 2 aromatic rings. The number of hydrogen-bond donors (Lipinski definition) is 1. The highest BCUT2D eigenvalue weighted by Gasteiger charge is 2.15. The molecule has 2 rings (SSSR count). The fraction of sp³-hybridized carbons (Fsp3) is 0.400. The first-order valence-corrected chi connectivity index (χ1v) is 8.52. The largest absolute Gasteiger partial charge is 0.489 e. The molecule has 1 heterocycles. The molecule has 1 N–H and O–H groups in total. The zero-order valence-electron chi connectivity index (χ0n) is 14.7. The molecule has 0 saturated carbocycles. The van der Waals surface area contributed by atoms with Gasteiger partial charge in [-0.3, -0.25) is 9.78 Å². The van der Waals surface area contributed by atoms with Gasteiger partial charge in [-0.2, -0.15) is 0 Å². The van der Waals surface area contributed by atoms with Crippen molar-refractivity contribution < 1.29 is 9.53 Å². The zero-order valence-corrected chi connectivity index (χ0v) is 14.7. The van der Waals surface area contributed by atoms with Crippen LogP contribution in [-0.4, -0.2) is 10.9 Å². The highest BCUT2D eigenvalue weighted by atomic mass is 16.5. The minimum absolute atomic E-state index is 0.0100. The van der Waals surface area contributed by atoms with Crippen LogP contribution in [0.4, 0.5) is 0 Å². The number of carbonyl (C=O) groups is 1. The van der Waals surface area contributed by atoms with Crippen molar-refractivity contribution in [3.63, 3.8) is 0 Å². The average molecular weight is 326 g/mol. The average Bonchev–Trinajstić information content (AvgIpc) is 2.61. The summed E-state index contributed by atoms with van der Waals surface area (Å²) in [5.41, 5.74) is 2.10. The number of aromatic nitrogens is 1. The topological polar surface area (TPSA) is 51.2 Å². The summed E-state index contributed by atoms with van der Waals surface area (Å²) in [6.45, 7) is 6.56. The zero-order chi connectivity index (χ0) is 17.4. The summed E-state index contributed by atoms with van der Waals surface area (Å²) in [5.74, 6) is 0.973. The number of nitrogens with one attached hydrogen (secondary N) is 1. The Morgan fingerprint density at radius 3 is 2.58 bits per heavy atom. The molecule has 0 unspecified atom stereocenters. The van der Waals surface area contributed by atoms with Crippen molar-refractivity contribution in [2.24, 2.45) is 5.92 Å². The number of nitrogens with zero attached hydrogens (tertiary/aromatic N) is 1. The van der Waals surface area contributed by atoms with E-state index in [4.69, 9.17) is 4.74 Å². The number of amides is 1. The third-order valence-electron chi connectivity index (χ3n) is 4.04. The fourth-order valence-corrected chi connectivity index (χ4v) is 2.51. The van der Waals surface area contributed by atoms with Gasteiger partial charge < -0.3 is 10.1 Å². The number of ether oxygens (including phenoxy) is 1. The minimum atomic E-state index is -0.0100. The second kappa shape index (κ2) is 9.06. The number of rotatable bonds is 8. The lowest BCUT2D eigenvalue weighted by atomic mass is 10.0. The van der Waals surface area contributed by atoms with Crippen LogP contribution in [0.1, 0.15) is 50.8 Å². The van der Waals surface area contributed by atoms with E-state index < -0.39 is 0 Å². The quantitative estimate of drug-likeness (QED) is 0.788. The Bertz CT molecular complexity index is 626. The Morgan fingerprint density at radius 1 is 1.21 bits per heavy atom. The Labute approximate surface area is 144 Å². The molecular weight excluding hydrogens is 300 g/mol. The highest BCUT2D eigenvalue weighted by molar-refractivity contribution is 5.78. The molecule has 0 bridgehead atoms. The summed E-state index contributed by atoms with van der Waals surface area (Å²) in [5, 5.41) is 3.07. The maximum absolute atomic E-state index is 12.1. The first kappa shape index (κ1) is 18.0. The van der Waals surface area contributed by atoms with E-state index in [9.17, 15) is 4.79 Å². The lowest BCUT2D eigenvalue weighted by molar-refractivity contribution is -0.125. The third kappa shape index (κ3) is 5.37. The molecule has 1 aromatic carbocycles. The predicted molar refractivity (Wildman–Crippen MR) is 95.6 cm³/mol. The Morgan fingerprint density at radius 2 is 1.96 bits per heavy atom.